The van der Waals surface area contributed by atoms with Gasteiger partial charge in [0.25, 0.3) is 0 Å². The minimum absolute atomic E-state index is 0.281. The summed E-state index contributed by atoms with van der Waals surface area (Å²) in [6.07, 6.45) is 2.63. The van der Waals surface area contributed by atoms with E-state index in [2.05, 4.69) is 15.0 Å². The van der Waals surface area contributed by atoms with Crippen molar-refractivity contribution < 1.29 is 13.2 Å². The first-order valence-corrected chi connectivity index (χ1v) is 7.70. The molecule has 0 saturated carbocycles. The first-order valence-electron chi connectivity index (χ1n) is 5.81. The normalized spacial score (nSPS) is 10.9. The summed E-state index contributed by atoms with van der Waals surface area (Å²) in [4.78, 5) is 4.02. The maximum absolute atomic E-state index is 11.1. The number of anilines is 3. The van der Waals surface area contributed by atoms with E-state index >= 15 is 0 Å². The molecule has 0 saturated heterocycles. The zero-order chi connectivity index (χ0) is 14.6. The molecule has 0 aliphatic rings. The van der Waals surface area contributed by atoms with Crippen LogP contribution in [0.15, 0.2) is 42.6 Å². The Balaban J connectivity index is 2.10. The molecule has 0 amide bonds. The number of benzene rings is 1. The van der Waals surface area contributed by atoms with Crippen LogP contribution in [0.25, 0.3) is 0 Å². The molecule has 2 N–H and O–H groups in total. The van der Waals surface area contributed by atoms with Gasteiger partial charge in [-0.15, -0.1) is 0 Å². The lowest BCUT2D eigenvalue weighted by molar-refractivity contribution is 0.415. The van der Waals surface area contributed by atoms with E-state index < -0.39 is 10.0 Å². The Labute approximate surface area is 117 Å². The van der Waals surface area contributed by atoms with E-state index in [1.54, 1.807) is 25.4 Å². The Bertz CT molecular complexity index is 684. The third-order valence-corrected chi connectivity index (χ3v) is 2.99. The molecule has 0 atom stereocenters. The lowest BCUT2D eigenvalue weighted by atomic mass is 10.3. The number of ether oxygens (including phenoxy) is 1. The van der Waals surface area contributed by atoms with E-state index in [9.17, 15) is 8.42 Å². The Kier molecular flexibility index (Phi) is 4.09. The van der Waals surface area contributed by atoms with Gasteiger partial charge in [0.1, 0.15) is 11.6 Å². The average molecular weight is 293 g/mol. The largest absolute Gasteiger partial charge is 0.497 e. The van der Waals surface area contributed by atoms with Crippen molar-refractivity contribution in [3.8, 4) is 5.75 Å². The molecule has 0 fully saturated rings. The monoisotopic (exact) mass is 293 g/mol. The predicted molar refractivity (Wildman–Crippen MR) is 79.0 cm³/mol. The van der Waals surface area contributed by atoms with Gasteiger partial charge < -0.3 is 10.1 Å². The highest BCUT2D eigenvalue weighted by Crippen LogP contribution is 2.21. The third kappa shape index (κ3) is 4.13. The second-order valence-corrected chi connectivity index (χ2v) is 5.91. The van der Waals surface area contributed by atoms with Gasteiger partial charge in [0, 0.05) is 11.8 Å². The second-order valence-electron chi connectivity index (χ2n) is 4.16. The Morgan fingerprint density at radius 2 is 1.95 bits per heavy atom. The molecule has 20 heavy (non-hydrogen) atoms. The SMILES string of the molecule is COc1cccc(Nc2ccc(NS(C)(=O)=O)nc2)c1. The highest BCUT2D eigenvalue weighted by Gasteiger charge is 2.03. The van der Waals surface area contributed by atoms with E-state index in [-0.39, 0.29) is 5.82 Å². The number of hydrogen-bond donors (Lipinski definition) is 2. The highest BCUT2D eigenvalue weighted by atomic mass is 32.2. The standard InChI is InChI=1S/C13H15N3O3S/c1-19-12-5-3-4-10(8-12)15-11-6-7-13(14-9-11)16-20(2,17)18/h3-9,15H,1-2H3,(H,14,16). The molecule has 0 unspecified atom stereocenters. The van der Waals surface area contributed by atoms with Gasteiger partial charge in [0.15, 0.2) is 0 Å². The molecule has 106 valence electrons. The van der Waals surface area contributed by atoms with E-state index in [1.807, 2.05) is 24.3 Å². The van der Waals surface area contributed by atoms with E-state index in [1.165, 1.54) is 0 Å². The van der Waals surface area contributed by atoms with Gasteiger partial charge >= 0.3 is 0 Å². The first kappa shape index (κ1) is 14.1. The fraction of sp³-hybridized carbons (Fsp3) is 0.154. The molecule has 0 spiro atoms. The van der Waals surface area contributed by atoms with Gasteiger partial charge in [-0.25, -0.2) is 13.4 Å². The van der Waals surface area contributed by atoms with Crippen LogP contribution in [0.1, 0.15) is 0 Å². The number of pyridine rings is 1. The van der Waals surface area contributed by atoms with Crippen LogP contribution < -0.4 is 14.8 Å². The smallest absolute Gasteiger partial charge is 0.230 e. The van der Waals surface area contributed by atoms with Gasteiger partial charge in [-0.3, -0.25) is 4.72 Å². The van der Waals surface area contributed by atoms with Crippen LogP contribution in [0.2, 0.25) is 0 Å². The summed E-state index contributed by atoms with van der Waals surface area (Å²) in [5.41, 5.74) is 1.60. The van der Waals surface area contributed by atoms with E-state index in [0.717, 1.165) is 23.4 Å². The van der Waals surface area contributed by atoms with Crippen molar-refractivity contribution in [2.45, 2.75) is 0 Å². The summed E-state index contributed by atoms with van der Waals surface area (Å²) >= 11 is 0. The fourth-order valence-electron chi connectivity index (χ4n) is 1.59. The minimum Gasteiger partial charge on any atom is -0.497 e. The summed E-state index contributed by atoms with van der Waals surface area (Å²) in [5, 5.41) is 3.15. The Hall–Kier alpha value is -2.28. The quantitative estimate of drug-likeness (QED) is 0.883. The minimum atomic E-state index is -3.31. The molecule has 1 aromatic carbocycles. The number of aromatic nitrogens is 1. The van der Waals surface area contributed by atoms with Crippen LogP contribution in [0.3, 0.4) is 0 Å². The lowest BCUT2D eigenvalue weighted by Crippen LogP contribution is -2.10. The number of sulfonamides is 1. The van der Waals surface area contributed by atoms with E-state index in [0.29, 0.717) is 0 Å². The summed E-state index contributed by atoms with van der Waals surface area (Å²) < 4.78 is 29.6. The first-order chi connectivity index (χ1) is 9.46. The third-order valence-electron chi connectivity index (χ3n) is 2.41. The van der Waals surface area contributed by atoms with Crippen LogP contribution >= 0.6 is 0 Å². The highest BCUT2D eigenvalue weighted by molar-refractivity contribution is 7.92. The summed E-state index contributed by atoms with van der Waals surface area (Å²) in [7, 11) is -1.70. The van der Waals surface area contributed by atoms with Crippen LogP contribution in [0.4, 0.5) is 17.2 Å². The van der Waals surface area contributed by atoms with Crippen molar-refractivity contribution in [2.75, 3.05) is 23.4 Å². The number of rotatable bonds is 5. The molecule has 7 heteroatoms. The Morgan fingerprint density at radius 3 is 2.55 bits per heavy atom. The zero-order valence-corrected chi connectivity index (χ0v) is 11.9. The summed E-state index contributed by atoms with van der Waals surface area (Å²) in [6, 6.07) is 10.8. The van der Waals surface area contributed by atoms with Gasteiger partial charge in [-0.2, -0.15) is 0 Å². The summed E-state index contributed by atoms with van der Waals surface area (Å²) in [5.74, 6) is 1.03. The van der Waals surface area contributed by atoms with Crippen molar-refractivity contribution in [2.24, 2.45) is 0 Å². The zero-order valence-electron chi connectivity index (χ0n) is 11.1. The van der Waals surface area contributed by atoms with Gasteiger partial charge in [0.05, 0.1) is 25.2 Å². The second kappa shape index (κ2) is 5.79. The van der Waals surface area contributed by atoms with Gasteiger partial charge in [-0.1, -0.05) is 6.07 Å². The molecule has 0 aliphatic carbocycles. The molecule has 0 radical (unpaired) electrons. The molecule has 1 heterocycles. The maximum Gasteiger partial charge on any atom is 0.230 e. The number of nitrogens with zero attached hydrogens (tertiary/aromatic N) is 1. The predicted octanol–water partition coefficient (Wildman–Crippen LogP) is 2.21. The number of nitrogens with one attached hydrogen (secondary N) is 2. The molecular weight excluding hydrogens is 278 g/mol. The average Bonchev–Trinajstić information content (AvgIpc) is 2.40. The van der Waals surface area contributed by atoms with Crippen molar-refractivity contribution in [3.63, 3.8) is 0 Å². The van der Waals surface area contributed by atoms with Crippen LogP contribution in [0.5, 0.6) is 5.75 Å². The number of hydrogen-bond acceptors (Lipinski definition) is 5. The summed E-state index contributed by atoms with van der Waals surface area (Å²) in [6.45, 7) is 0. The van der Waals surface area contributed by atoms with Crippen molar-refractivity contribution in [1.82, 2.24) is 4.98 Å². The van der Waals surface area contributed by atoms with Crippen LogP contribution in [0, 0.1) is 0 Å². The molecule has 0 aliphatic heterocycles. The molecular formula is C13H15N3O3S. The molecule has 6 nitrogen and oxygen atoms in total. The molecule has 2 rings (SSSR count). The van der Waals surface area contributed by atoms with Crippen molar-refractivity contribution >= 4 is 27.2 Å². The number of methoxy groups -OCH3 is 1. The molecule has 1 aromatic heterocycles. The van der Waals surface area contributed by atoms with Gasteiger partial charge in [-0.05, 0) is 24.3 Å². The maximum atomic E-state index is 11.1. The van der Waals surface area contributed by atoms with Crippen LogP contribution in [-0.2, 0) is 10.0 Å². The molecule has 0 bridgehead atoms. The fourth-order valence-corrected chi connectivity index (χ4v) is 2.09. The van der Waals surface area contributed by atoms with Crippen LogP contribution in [-0.4, -0.2) is 26.8 Å². The lowest BCUT2D eigenvalue weighted by Gasteiger charge is -2.08. The van der Waals surface area contributed by atoms with E-state index in [4.69, 9.17) is 4.74 Å². The topological polar surface area (TPSA) is 80.3 Å². The van der Waals surface area contributed by atoms with Crippen molar-refractivity contribution in [3.05, 3.63) is 42.6 Å². The van der Waals surface area contributed by atoms with Crippen molar-refractivity contribution in [1.29, 1.82) is 0 Å². The molecule has 2 aromatic rings. The van der Waals surface area contributed by atoms with Gasteiger partial charge in [0.2, 0.25) is 10.0 Å². The Morgan fingerprint density at radius 1 is 1.15 bits per heavy atom.